The summed E-state index contributed by atoms with van der Waals surface area (Å²) in [4.78, 5) is 12.3. The zero-order valence-electron chi connectivity index (χ0n) is 11.8. The third-order valence-corrected chi connectivity index (χ3v) is 3.18. The van der Waals surface area contributed by atoms with Crippen LogP contribution >= 0.6 is 0 Å². The average molecular weight is 296 g/mol. The molecule has 3 heterocycles. The van der Waals surface area contributed by atoms with Crippen LogP contribution in [0.3, 0.4) is 0 Å². The summed E-state index contributed by atoms with van der Waals surface area (Å²) in [5.74, 6) is -0.187. The van der Waals surface area contributed by atoms with E-state index in [1.165, 1.54) is 13.2 Å². The number of halogens is 1. The van der Waals surface area contributed by atoms with Crippen molar-refractivity contribution < 1.29 is 9.13 Å². The molecule has 5 nitrogen and oxygen atoms in total. The van der Waals surface area contributed by atoms with E-state index in [1.807, 2.05) is 12.1 Å². The summed E-state index contributed by atoms with van der Waals surface area (Å²) < 4.78 is 18.7. The Kier molecular flexibility index (Phi) is 3.65. The maximum Gasteiger partial charge on any atom is 0.250 e. The molecule has 0 fully saturated rings. The lowest BCUT2D eigenvalue weighted by Crippen LogP contribution is -1.97. The molecule has 22 heavy (non-hydrogen) atoms. The van der Waals surface area contributed by atoms with Gasteiger partial charge in [-0.3, -0.25) is 4.98 Å². The number of ether oxygens (including phenoxy) is 1. The maximum absolute atomic E-state index is 13.9. The molecular weight excluding hydrogens is 283 g/mol. The minimum atomic E-state index is -0.530. The highest BCUT2D eigenvalue weighted by molar-refractivity contribution is 5.81. The molecule has 0 radical (unpaired) electrons. The van der Waals surface area contributed by atoms with E-state index in [0.717, 1.165) is 11.1 Å². The molecule has 0 amide bonds. The molecule has 3 aromatic rings. The number of nitrogens with zero attached hydrogens (tertiary/aromatic N) is 3. The summed E-state index contributed by atoms with van der Waals surface area (Å²) in [6.45, 7) is 0. The second-order valence-corrected chi connectivity index (χ2v) is 4.58. The van der Waals surface area contributed by atoms with Gasteiger partial charge in [-0.05, 0) is 30.3 Å². The number of rotatable bonds is 3. The van der Waals surface area contributed by atoms with Crippen molar-refractivity contribution in [1.82, 2.24) is 15.0 Å². The van der Waals surface area contributed by atoms with Gasteiger partial charge < -0.3 is 10.5 Å². The number of hydrogen-bond donors (Lipinski definition) is 1. The fourth-order valence-electron chi connectivity index (χ4n) is 2.16. The van der Waals surface area contributed by atoms with Gasteiger partial charge in [-0.2, -0.15) is 0 Å². The Morgan fingerprint density at radius 3 is 2.55 bits per heavy atom. The van der Waals surface area contributed by atoms with Crippen molar-refractivity contribution in [3.05, 3.63) is 54.7 Å². The Morgan fingerprint density at radius 1 is 1.09 bits per heavy atom. The van der Waals surface area contributed by atoms with Crippen molar-refractivity contribution in [2.45, 2.75) is 0 Å². The number of pyridine rings is 3. The first-order valence-corrected chi connectivity index (χ1v) is 6.56. The predicted molar refractivity (Wildman–Crippen MR) is 81.6 cm³/mol. The third kappa shape index (κ3) is 2.58. The van der Waals surface area contributed by atoms with Gasteiger partial charge in [-0.25, -0.2) is 14.4 Å². The summed E-state index contributed by atoms with van der Waals surface area (Å²) in [5, 5.41) is 0. The largest absolute Gasteiger partial charge is 0.479 e. The van der Waals surface area contributed by atoms with Crippen LogP contribution in [0.1, 0.15) is 0 Å². The van der Waals surface area contributed by atoms with E-state index in [-0.39, 0.29) is 5.88 Å². The highest BCUT2D eigenvalue weighted by Crippen LogP contribution is 2.32. The van der Waals surface area contributed by atoms with Crippen molar-refractivity contribution in [2.24, 2.45) is 0 Å². The molecule has 110 valence electrons. The lowest BCUT2D eigenvalue weighted by molar-refractivity contribution is 0.369. The topological polar surface area (TPSA) is 73.9 Å². The van der Waals surface area contributed by atoms with Gasteiger partial charge in [0.1, 0.15) is 5.82 Å². The van der Waals surface area contributed by atoms with E-state index in [9.17, 15) is 4.39 Å². The van der Waals surface area contributed by atoms with E-state index in [2.05, 4.69) is 15.0 Å². The van der Waals surface area contributed by atoms with Gasteiger partial charge in [0.2, 0.25) is 5.88 Å². The van der Waals surface area contributed by atoms with Crippen LogP contribution in [0.2, 0.25) is 0 Å². The summed E-state index contributed by atoms with van der Waals surface area (Å²) >= 11 is 0. The van der Waals surface area contributed by atoms with Crippen LogP contribution in [-0.4, -0.2) is 22.1 Å². The van der Waals surface area contributed by atoms with Crippen LogP contribution in [0.5, 0.6) is 5.88 Å². The van der Waals surface area contributed by atoms with E-state index in [4.69, 9.17) is 10.5 Å². The second kappa shape index (κ2) is 5.77. The maximum atomic E-state index is 13.9. The summed E-state index contributed by atoms with van der Waals surface area (Å²) in [6, 6.07) is 8.46. The van der Waals surface area contributed by atoms with Crippen LogP contribution in [0.15, 0.2) is 48.9 Å². The van der Waals surface area contributed by atoms with Crippen molar-refractivity contribution in [3.63, 3.8) is 0 Å². The first-order valence-electron chi connectivity index (χ1n) is 6.56. The van der Waals surface area contributed by atoms with Gasteiger partial charge >= 0.3 is 0 Å². The van der Waals surface area contributed by atoms with E-state index < -0.39 is 5.82 Å². The molecular formula is C16H13FN4O. The quantitative estimate of drug-likeness (QED) is 0.804. The van der Waals surface area contributed by atoms with Crippen molar-refractivity contribution >= 4 is 5.82 Å². The first kappa shape index (κ1) is 13.9. The zero-order chi connectivity index (χ0) is 15.5. The van der Waals surface area contributed by atoms with Gasteiger partial charge in [0.15, 0.2) is 5.82 Å². The molecule has 2 N–H and O–H groups in total. The summed E-state index contributed by atoms with van der Waals surface area (Å²) in [5.41, 5.74) is 8.60. The van der Waals surface area contributed by atoms with Crippen molar-refractivity contribution in [2.75, 3.05) is 12.8 Å². The lowest BCUT2D eigenvalue weighted by atomic mass is 10.0. The fraction of sp³-hybridized carbons (Fsp3) is 0.0625. The van der Waals surface area contributed by atoms with Crippen molar-refractivity contribution in [1.29, 1.82) is 0 Å². The van der Waals surface area contributed by atoms with Crippen LogP contribution in [0.25, 0.3) is 22.4 Å². The lowest BCUT2D eigenvalue weighted by Gasteiger charge is -2.10. The van der Waals surface area contributed by atoms with Gasteiger partial charge in [0.25, 0.3) is 0 Å². The predicted octanol–water partition coefficient (Wildman–Crippen LogP) is 2.94. The molecule has 0 saturated carbocycles. The molecule has 6 heteroatoms. The van der Waals surface area contributed by atoms with Crippen LogP contribution in [-0.2, 0) is 0 Å². The standard InChI is InChI=1S/C16H13FN4O/c1-22-16-13(17)8-11(9-20-16)12-2-3-14(18)21-15(12)10-4-6-19-7-5-10/h2-9H,1H3,(H2,18,21). The molecule has 0 atom stereocenters. The smallest absolute Gasteiger partial charge is 0.250 e. The number of aromatic nitrogens is 3. The molecule has 3 aromatic heterocycles. The highest BCUT2D eigenvalue weighted by atomic mass is 19.1. The molecule has 0 aliphatic rings. The fourth-order valence-corrected chi connectivity index (χ4v) is 2.16. The molecule has 0 aromatic carbocycles. The SMILES string of the molecule is COc1ncc(-c2ccc(N)nc2-c2ccncc2)cc1F. The number of hydrogen-bond acceptors (Lipinski definition) is 5. The average Bonchev–Trinajstić information content (AvgIpc) is 2.55. The molecule has 0 saturated heterocycles. The Hall–Kier alpha value is -3.02. The van der Waals surface area contributed by atoms with E-state index in [0.29, 0.717) is 17.1 Å². The molecule has 3 rings (SSSR count). The first-order chi connectivity index (χ1) is 10.7. The number of nitrogens with two attached hydrogens (primary N) is 1. The highest BCUT2D eigenvalue weighted by Gasteiger charge is 2.13. The molecule has 0 spiro atoms. The third-order valence-electron chi connectivity index (χ3n) is 3.18. The molecule has 0 unspecified atom stereocenters. The normalized spacial score (nSPS) is 10.5. The molecule has 0 aliphatic heterocycles. The monoisotopic (exact) mass is 296 g/mol. The minimum Gasteiger partial charge on any atom is -0.479 e. The van der Waals surface area contributed by atoms with Crippen LogP contribution in [0.4, 0.5) is 10.2 Å². The number of nitrogen functional groups attached to an aromatic ring is 1. The molecule has 0 bridgehead atoms. The van der Waals surface area contributed by atoms with Gasteiger partial charge in [-0.15, -0.1) is 0 Å². The van der Waals surface area contributed by atoms with Crippen LogP contribution in [0, 0.1) is 5.82 Å². The Morgan fingerprint density at radius 2 is 1.86 bits per heavy atom. The number of anilines is 1. The minimum absolute atomic E-state index is 0.0439. The Balaban J connectivity index is 2.17. The second-order valence-electron chi connectivity index (χ2n) is 4.58. The van der Waals surface area contributed by atoms with Gasteiger partial charge in [0.05, 0.1) is 12.8 Å². The summed E-state index contributed by atoms with van der Waals surface area (Å²) in [7, 11) is 1.37. The van der Waals surface area contributed by atoms with E-state index in [1.54, 1.807) is 30.7 Å². The zero-order valence-corrected chi connectivity index (χ0v) is 11.8. The van der Waals surface area contributed by atoms with E-state index >= 15 is 0 Å². The Bertz CT molecular complexity index is 808. The van der Waals surface area contributed by atoms with Gasteiger partial charge in [-0.1, -0.05) is 0 Å². The van der Waals surface area contributed by atoms with Crippen molar-refractivity contribution in [3.8, 4) is 28.3 Å². The van der Waals surface area contributed by atoms with Crippen LogP contribution < -0.4 is 10.5 Å². The molecule has 0 aliphatic carbocycles. The summed E-state index contributed by atoms with van der Waals surface area (Å²) in [6.07, 6.45) is 4.87. The Labute approximate surface area is 126 Å². The van der Waals surface area contributed by atoms with Gasteiger partial charge in [0, 0.05) is 35.3 Å². The number of methoxy groups -OCH3 is 1.